The molecule has 0 aliphatic heterocycles. The van der Waals surface area contributed by atoms with Crippen molar-refractivity contribution in [3.05, 3.63) is 23.5 Å². The van der Waals surface area contributed by atoms with Crippen LogP contribution in [0.15, 0.2) is 6.20 Å². The molecule has 0 aliphatic carbocycles. The minimum atomic E-state index is -0.344. The molecule has 1 heterocycles. The van der Waals surface area contributed by atoms with Gasteiger partial charge in [0.25, 0.3) is 0 Å². The van der Waals surface area contributed by atoms with E-state index in [1.807, 2.05) is 13.8 Å². The van der Waals surface area contributed by atoms with Crippen molar-refractivity contribution in [3.8, 4) is 0 Å². The van der Waals surface area contributed by atoms with Crippen LogP contribution in [0.25, 0.3) is 0 Å². The zero-order valence-electron chi connectivity index (χ0n) is 12.8. The van der Waals surface area contributed by atoms with E-state index < -0.39 is 0 Å². The van der Waals surface area contributed by atoms with Gasteiger partial charge in [0.15, 0.2) is 5.82 Å². The lowest BCUT2D eigenvalue weighted by atomic mass is 9.91. The quantitative estimate of drug-likeness (QED) is 0.689. The highest BCUT2D eigenvalue weighted by Gasteiger charge is 2.17. The maximum absolute atomic E-state index is 13.3. The molecule has 0 bridgehead atoms. The van der Waals surface area contributed by atoms with Crippen LogP contribution < -0.4 is 0 Å². The molecule has 112 valence electrons. The number of carbonyl (C=O) groups is 1. The first kappa shape index (κ1) is 16.7. The first-order valence-electron chi connectivity index (χ1n) is 7.65. The van der Waals surface area contributed by atoms with Crippen molar-refractivity contribution in [2.24, 2.45) is 5.92 Å². The molecule has 1 aromatic rings. The largest absolute Gasteiger partial charge is 0.299 e. The minimum absolute atomic E-state index is 0.0960. The molecule has 1 rings (SSSR count). The molecule has 1 aromatic heterocycles. The van der Waals surface area contributed by atoms with E-state index >= 15 is 0 Å². The molecular weight excluding hydrogens is 255 g/mol. The lowest BCUT2D eigenvalue weighted by Gasteiger charge is -2.14. The molecule has 0 aliphatic rings. The van der Waals surface area contributed by atoms with Gasteiger partial charge < -0.3 is 0 Å². The van der Waals surface area contributed by atoms with Crippen molar-refractivity contribution < 1.29 is 9.18 Å². The van der Waals surface area contributed by atoms with Gasteiger partial charge in [-0.2, -0.15) is 0 Å². The van der Waals surface area contributed by atoms with Gasteiger partial charge in [-0.15, -0.1) is 0 Å². The van der Waals surface area contributed by atoms with E-state index in [1.165, 1.54) is 6.20 Å². The topological polar surface area (TPSA) is 42.9 Å². The third-order valence-electron chi connectivity index (χ3n) is 3.63. The van der Waals surface area contributed by atoms with Crippen molar-refractivity contribution in [3.63, 3.8) is 0 Å². The molecular formula is C16H25FN2O. The first-order valence-corrected chi connectivity index (χ1v) is 7.65. The molecule has 20 heavy (non-hydrogen) atoms. The van der Waals surface area contributed by atoms with Crippen molar-refractivity contribution in [2.75, 3.05) is 0 Å². The molecule has 4 heteroatoms. The lowest BCUT2D eigenvalue weighted by molar-refractivity contribution is -0.123. The van der Waals surface area contributed by atoms with Crippen LogP contribution in [-0.4, -0.2) is 15.8 Å². The molecule has 0 N–H and O–H groups in total. The maximum Gasteiger partial charge on any atom is 0.162 e. The third-order valence-corrected chi connectivity index (χ3v) is 3.63. The van der Waals surface area contributed by atoms with E-state index in [9.17, 15) is 9.18 Å². The Hall–Kier alpha value is -1.32. The standard InChI is InChI=1S/C16H25FN2O/c1-4-7-8-12(15(20)6-3)9-10-16-18-11-13(17)14(5-2)19-16/h11-12H,4-10H2,1-3H3. The normalized spacial score (nSPS) is 12.4. The van der Waals surface area contributed by atoms with Crippen LogP contribution in [-0.2, 0) is 17.6 Å². The zero-order chi connectivity index (χ0) is 15.0. The molecule has 0 saturated carbocycles. The molecule has 0 radical (unpaired) electrons. The summed E-state index contributed by atoms with van der Waals surface area (Å²) in [4.78, 5) is 20.2. The summed E-state index contributed by atoms with van der Waals surface area (Å²) in [6.45, 7) is 5.91. The van der Waals surface area contributed by atoms with Gasteiger partial charge in [0, 0.05) is 18.8 Å². The smallest absolute Gasteiger partial charge is 0.162 e. The van der Waals surface area contributed by atoms with Gasteiger partial charge in [-0.3, -0.25) is 4.79 Å². The molecule has 0 saturated heterocycles. The van der Waals surface area contributed by atoms with Crippen LogP contribution in [0.3, 0.4) is 0 Å². The van der Waals surface area contributed by atoms with Gasteiger partial charge in [0.05, 0.1) is 11.9 Å². The summed E-state index contributed by atoms with van der Waals surface area (Å²) in [6, 6.07) is 0. The second-order valence-electron chi connectivity index (χ2n) is 5.13. The molecule has 3 nitrogen and oxygen atoms in total. The van der Waals surface area contributed by atoms with Gasteiger partial charge in [-0.25, -0.2) is 14.4 Å². The zero-order valence-corrected chi connectivity index (χ0v) is 12.8. The van der Waals surface area contributed by atoms with E-state index in [0.29, 0.717) is 36.6 Å². The van der Waals surface area contributed by atoms with Gasteiger partial charge >= 0.3 is 0 Å². The van der Waals surface area contributed by atoms with E-state index in [0.717, 1.165) is 25.7 Å². The third kappa shape index (κ3) is 4.99. The van der Waals surface area contributed by atoms with Crippen molar-refractivity contribution >= 4 is 5.78 Å². The Morgan fingerprint density at radius 1 is 1.30 bits per heavy atom. The van der Waals surface area contributed by atoms with Crippen LogP contribution in [0.2, 0.25) is 0 Å². The number of hydrogen-bond donors (Lipinski definition) is 0. The second kappa shape index (κ2) is 8.77. The number of unbranched alkanes of at least 4 members (excludes halogenated alkanes) is 1. The first-order chi connectivity index (χ1) is 9.62. The Morgan fingerprint density at radius 3 is 2.65 bits per heavy atom. The highest BCUT2D eigenvalue weighted by atomic mass is 19.1. The Bertz CT molecular complexity index is 434. The Balaban J connectivity index is 2.64. The number of Topliss-reactive ketones (excluding diaryl/α,β-unsaturated/α-hetero) is 1. The Morgan fingerprint density at radius 2 is 2.05 bits per heavy atom. The predicted octanol–water partition coefficient (Wildman–Crippen LogP) is 3.90. The summed E-state index contributed by atoms with van der Waals surface area (Å²) < 4.78 is 13.3. The molecule has 0 amide bonds. The monoisotopic (exact) mass is 280 g/mol. The van der Waals surface area contributed by atoms with Crippen LogP contribution in [0.5, 0.6) is 0 Å². The summed E-state index contributed by atoms with van der Waals surface area (Å²) in [6.07, 6.45) is 6.90. The minimum Gasteiger partial charge on any atom is -0.299 e. The van der Waals surface area contributed by atoms with Crippen molar-refractivity contribution in [1.82, 2.24) is 9.97 Å². The number of ketones is 1. The van der Waals surface area contributed by atoms with E-state index in [4.69, 9.17) is 0 Å². The fraction of sp³-hybridized carbons (Fsp3) is 0.688. The Kier molecular flexibility index (Phi) is 7.34. The number of aromatic nitrogens is 2. The molecule has 1 unspecified atom stereocenters. The number of aryl methyl sites for hydroxylation is 2. The lowest BCUT2D eigenvalue weighted by Crippen LogP contribution is -2.15. The van der Waals surface area contributed by atoms with Crippen molar-refractivity contribution in [1.29, 1.82) is 0 Å². The molecule has 0 spiro atoms. The summed E-state index contributed by atoms with van der Waals surface area (Å²) in [5.41, 5.74) is 0.460. The molecule has 0 fully saturated rings. The number of rotatable bonds is 9. The van der Waals surface area contributed by atoms with Gasteiger partial charge in [-0.05, 0) is 19.3 Å². The highest BCUT2D eigenvalue weighted by molar-refractivity contribution is 5.80. The Labute approximate surface area is 121 Å². The van der Waals surface area contributed by atoms with E-state index in [-0.39, 0.29) is 11.7 Å². The van der Waals surface area contributed by atoms with Gasteiger partial charge in [0.2, 0.25) is 0 Å². The summed E-state index contributed by atoms with van der Waals surface area (Å²) in [7, 11) is 0. The van der Waals surface area contributed by atoms with Gasteiger partial charge in [-0.1, -0.05) is 33.6 Å². The fourth-order valence-electron chi connectivity index (χ4n) is 2.32. The average molecular weight is 280 g/mol. The van der Waals surface area contributed by atoms with Crippen LogP contribution in [0.4, 0.5) is 4.39 Å². The van der Waals surface area contributed by atoms with Crippen LogP contribution in [0, 0.1) is 11.7 Å². The van der Waals surface area contributed by atoms with Crippen LogP contribution >= 0.6 is 0 Å². The van der Waals surface area contributed by atoms with Crippen molar-refractivity contribution in [2.45, 2.75) is 65.7 Å². The number of halogens is 1. The summed E-state index contributed by atoms with van der Waals surface area (Å²) in [5.74, 6) is 0.715. The molecule has 0 aromatic carbocycles. The van der Waals surface area contributed by atoms with Crippen LogP contribution in [0.1, 0.15) is 64.4 Å². The van der Waals surface area contributed by atoms with Gasteiger partial charge in [0.1, 0.15) is 11.6 Å². The summed E-state index contributed by atoms with van der Waals surface area (Å²) >= 11 is 0. The maximum atomic E-state index is 13.3. The SMILES string of the molecule is CCCCC(CCc1ncc(F)c(CC)n1)C(=O)CC. The predicted molar refractivity (Wildman–Crippen MR) is 78.0 cm³/mol. The second-order valence-corrected chi connectivity index (χ2v) is 5.13. The van der Waals surface area contributed by atoms with E-state index in [2.05, 4.69) is 16.9 Å². The van der Waals surface area contributed by atoms with E-state index in [1.54, 1.807) is 0 Å². The molecule has 1 atom stereocenters. The summed E-state index contributed by atoms with van der Waals surface area (Å²) in [5, 5.41) is 0. The number of carbonyl (C=O) groups excluding carboxylic acids is 1. The average Bonchev–Trinajstić information content (AvgIpc) is 2.48. The highest BCUT2D eigenvalue weighted by Crippen LogP contribution is 2.18. The number of nitrogens with zero attached hydrogens (tertiary/aromatic N) is 2. The fourth-order valence-corrected chi connectivity index (χ4v) is 2.32. The number of hydrogen-bond acceptors (Lipinski definition) is 3.